The number of hydrogen-bond donors (Lipinski definition) is 1. The van der Waals surface area contributed by atoms with Crippen molar-refractivity contribution in [3.05, 3.63) is 75.8 Å². The van der Waals surface area contributed by atoms with Gasteiger partial charge < -0.3 is 28.6 Å². The van der Waals surface area contributed by atoms with Crippen LogP contribution in [0.25, 0.3) is 21.9 Å². The molecule has 1 spiro atoms. The molecule has 270 valence electrons. The Labute approximate surface area is 301 Å². The molecule has 0 saturated carbocycles. The number of amides is 3. The van der Waals surface area contributed by atoms with Gasteiger partial charge in [0.25, 0.3) is 11.5 Å². The Bertz CT molecular complexity index is 2160. The Morgan fingerprint density at radius 3 is 2.31 bits per heavy atom. The first-order valence-electron chi connectivity index (χ1n) is 17.6. The number of likely N-dealkylation sites (tertiary alicyclic amines) is 1. The first-order valence-corrected chi connectivity index (χ1v) is 17.6. The van der Waals surface area contributed by atoms with Crippen LogP contribution in [0.2, 0.25) is 0 Å². The van der Waals surface area contributed by atoms with E-state index in [1.165, 1.54) is 0 Å². The Hall–Kier alpha value is -5.43. The van der Waals surface area contributed by atoms with Crippen LogP contribution in [0.15, 0.2) is 53.6 Å². The first kappa shape index (κ1) is 33.7. The summed E-state index contributed by atoms with van der Waals surface area (Å²) in [5.74, 6) is 1.04. The molecule has 1 atom stereocenters. The highest BCUT2D eigenvalue weighted by molar-refractivity contribution is 6.05. The SMILES string of the molecule is COc1cc2c(-c3cc(OC)c(CN4CCC5(CC4)CN(c4ccc6c(c4)C(=O)N(C4CCC(=O)NC4=O)C6)C5)c(OC)c3)cn(C)c(=O)c2cn1. The van der Waals surface area contributed by atoms with Crippen molar-refractivity contribution in [2.24, 2.45) is 12.5 Å². The van der Waals surface area contributed by atoms with Crippen molar-refractivity contribution in [2.45, 2.75) is 44.8 Å². The Balaban J connectivity index is 0.941. The number of benzene rings is 2. The van der Waals surface area contributed by atoms with Crippen LogP contribution < -0.4 is 30.0 Å². The highest BCUT2D eigenvalue weighted by Gasteiger charge is 2.46. The number of rotatable bonds is 8. The molecular formula is C39H42N6O7. The minimum Gasteiger partial charge on any atom is -0.496 e. The zero-order valence-corrected chi connectivity index (χ0v) is 29.9. The summed E-state index contributed by atoms with van der Waals surface area (Å²) in [7, 11) is 6.62. The average Bonchev–Trinajstić information content (AvgIpc) is 3.47. The molecule has 2 aromatic carbocycles. The van der Waals surface area contributed by atoms with Gasteiger partial charge in [-0.1, -0.05) is 6.07 Å². The maximum Gasteiger partial charge on any atom is 0.259 e. The third-order valence-corrected chi connectivity index (χ3v) is 11.4. The molecule has 0 radical (unpaired) electrons. The highest BCUT2D eigenvalue weighted by Crippen LogP contribution is 2.45. The standard InChI is InChI=1S/C39H42N6O7/c1-42-19-29(27-16-35(52-4)40-17-28(27)37(42)48)24-13-32(50-2)30(33(14-24)51-3)20-43-11-9-39(10-12-43)21-44(22-39)25-6-5-23-18-45(38(49)26(23)15-25)31-7-8-34(46)41-36(31)47/h5-6,13-17,19,31H,7-12,18,20-22H2,1-4H3,(H,41,46,47). The van der Waals surface area contributed by atoms with Crippen LogP contribution in [0, 0.1) is 5.41 Å². The van der Waals surface area contributed by atoms with Crippen LogP contribution in [0.1, 0.15) is 47.2 Å². The predicted octanol–water partition coefficient (Wildman–Crippen LogP) is 3.49. The fraction of sp³-hybridized carbons (Fsp3) is 0.410. The fourth-order valence-electron chi connectivity index (χ4n) is 8.39. The molecule has 4 aliphatic rings. The van der Waals surface area contributed by atoms with Gasteiger partial charge in [0.2, 0.25) is 17.7 Å². The van der Waals surface area contributed by atoms with Crippen molar-refractivity contribution in [1.82, 2.24) is 24.7 Å². The van der Waals surface area contributed by atoms with Gasteiger partial charge in [-0.15, -0.1) is 0 Å². The Morgan fingerprint density at radius 2 is 1.63 bits per heavy atom. The number of pyridine rings is 2. The van der Waals surface area contributed by atoms with Crippen molar-refractivity contribution >= 4 is 34.2 Å². The second-order valence-electron chi connectivity index (χ2n) is 14.5. The number of carbonyl (C=O) groups is 3. The van der Waals surface area contributed by atoms with Gasteiger partial charge in [-0.05, 0) is 67.7 Å². The van der Waals surface area contributed by atoms with Gasteiger partial charge in [-0.3, -0.25) is 29.4 Å². The largest absolute Gasteiger partial charge is 0.496 e. The van der Waals surface area contributed by atoms with E-state index in [-0.39, 0.29) is 29.2 Å². The van der Waals surface area contributed by atoms with E-state index in [1.807, 2.05) is 30.5 Å². The number of imide groups is 1. The van der Waals surface area contributed by atoms with Crippen LogP contribution in [0.3, 0.4) is 0 Å². The third kappa shape index (κ3) is 5.72. The number of anilines is 1. The number of piperidine rings is 2. The van der Waals surface area contributed by atoms with Crippen LogP contribution in [-0.2, 0) is 29.7 Å². The van der Waals surface area contributed by atoms with E-state index < -0.39 is 11.9 Å². The van der Waals surface area contributed by atoms with Crippen molar-refractivity contribution in [1.29, 1.82) is 0 Å². The first-order chi connectivity index (χ1) is 25.1. The van der Waals surface area contributed by atoms with E-state index in [2.05, 4.69) is 26.2 Å². The maximum absolute atomic E-state index is 13.4. The molecule has 4 aromatic rings. The van der Waals surface area contributed by atoms with Gasteiger partial charge in [0.05, 0.1) is 32.3 Å². The summed E-state index contributed by atoms with van der Waals surface area (Å²) in [6, 6.07) is 11.2. The zero-order chi connectivity index (χ0) is 36.3. The molecule has 3 saturated heterocycles. The summed E-state index contributed by atoms with van der Waals surface area (Å²) in [6.07, 6.45) is 6.08. The van der Waals surface area contributed by atoms with E-state index in [4.69, 9.17) is 14.2 Å². The number of ether oxygens (including phenoxy) is 3. The molecule has 3 fully saturated rings. The van der Waals surface area contributed by atoms with E-state index in [1.54, 1.807) is 50.1 Å². The van der Waals surface area contributed by atoms with Gasteiger partial charge in [0.15, 0.2) is 0 Å². The summed E-state index contributed by atoms with van der Waals surface area (Å²) in [6.45, 7) is 4.79. The normalized spacial score (nSPS) is 19.8. The van der Waals surface area contributed by atoms with E-state index >= 15 is 0 Å². The summed E-state index contributed by atoms with van der Waals surface area (Å²) >= 11 is 0. The number of nitrogens with one attached hydrogen (secondary N) is 1. The monoisotopic (exact) mass is 706 g/mol. The smallest absolute Gasteiger partial charge is 0.259 e. The van der Waals surface area contributed by atoms with Crippen molar-refractivity contribution in [3.8, 4) is 28.5 Å². The van der Waals surface area contributed by atoms with Crippen LogP contribution in [0.5, 0.6) is 17.4 Å². The Kier molecular flexibility index (Phi) is 8.40. The second kappa shape index (κ2) is 13.0. The number of nitrogens with zero attached hydrogens (tertiary/aromatic N) is 5. The highest BCUT2D eigenvalue weighted by atomic mass is 16.5. The number of aromatic nitrogens is 2. The van der Waals surface area contributed by atoms with Crippen molar-refractivity contribution < 1.29 is 28.6 Å². The molecule has 52 heavy (non-hydrogen) atoms. The molecule has 13 nitrogen and oxygen atoms in total. The molecule has 0 aliphatic carbocycles. The van der Waals surface area contributed by atoms with Gasteiger partial charge in [-0.25, -0.2) is 4.98 Å². The summed E-state index contributed by atoms with van der Waals surface area (Å²) in [4.78, 5) is 61.0. The van der Waals surface area contributed by atoms with E-state index in [0.717, 1.165) is 83.8 Å². The molecule has 8 rings (SSSR count). The molecule has 3 amide bonds. The number of hydrogen-bond acceptors (Lipinski definition) is 10. The summed E-state index contributed by atoms with van der Waals surface area (Å²) < 4.78 is 18.8. The molecule has 2 aromatic heterocycles. The molecule has 6 heterocycles. The lowest BCUT2D eigenvalue weighted by molar-refractivity contribution is -0.136. The second-order valence-corrected chi connectivity index (χ2v) is 14.5. The molecule has 1 unspecified atom stereocenters. The Morgan fingerprint density at radius 1 is 0.904 bits per heavy atom. The van der Waals surface area contributed by atoms with Crippen LogP contribution in [-0.4, -0.2) is 90.6 Å². The topological polar surface area (TPSA) is 136 Å². The van der Waals surface area contributed by atoms with Gasteiger partial charge >= 0.3 is 0 Å². The minimum absolute atomic E-state index is 0.136. The summed E-state index contributed by atoms with van der Waals surface area (Å²) in [5, 5.41) is 3.61. The van der Waals surface area contributed by atoms with Crippen molar-refractivity contribution in [3.63, 3.8) is 0 Å². The number of fused-ring (bicyclic) bond motifs is 2. The number of methoxy groups -OCH3 is 3. The molecule has 0 bridgehead atoms. The third-order valence-electron chi connectivity index (χ3n) is 11.4. The van der Waals surface area contributed by atoms with Crippen LogP contribution >= 0.6 is 0 Å². The van der Waals surface area contributed by atoms with Gasteiger partial charge in [-0.2, -0.15) is 0 Å². The lowest BCUT2D eigenvalue weighted by Crippen LogP contribution is -2.60. The quantitative estimate of drug-likeness (QED) is 0.272. The summed E-state index contributed by atoms with van der Waals surface area (Å²) in [5.41, 5.74) is 5.35. The van der Waals surface area contributed by atoms with E-state index in [9.17, 15) is 19.2 Å². The maximum atomic E-state index is 13.4. The fourth-order valence-corrected chi connectivity index (χ4v) is 8.39. The van der Waals surface area contributed by atoms with Gasteiger partial charge in [0.1, 0.15) is 17.5 Å². The zero-order valence-electron chi connectivity index (χ0n) is 29.9. The molecular weight excluding hydrogens is 664 g/mol. The minimum atomic E-state index is -0.612. The van der Waals surface area contributed by atoms with E-state index in [0.29, 0.717) is 36.3 Å². The van der Waals surface area contributed by atoms with Gasteiger partial charge in [0, 0.05) is 85.7 Å². The average molecular weight is 707 g/mol. The molecule has 4 aliphatic heterocycles. The lowest BCUT2D eigenvalue weighted by atomic mass is 9.71. The lowest BCUT2D eigenvalue weighted by Gasteiger charge is -2.55. The molecule has 13 heteroatoms. The molecule has 1 N–H and O–H groups in total. The number of carbonyl (C=O) groups excluding carboxylic acids is 3. The van der Waals surface area contributed by atoms with Crippen LogP contribution in [0.4, 0.5) is 5.69 Å². The van der Waals surface area contributed by atoms with Crippen molar-refractivity contribution in [2.75, 3.05) is 52.4 Å². The predicted molar refractivity (Wildman–Crippen MR) is 194 cm³/mol. The number of aryl methyl sites for hydroxylation is 1.